The van der Waals surface area contributed by atoms with Crippen LogP contribution in [0.5, 0.6) is 11.5 Å². The molecule has 1 aliphatic rings. The van der Waals surface area contributed by atoms with E-state index in [1.807, 2.05) is 31.2 Å². The zero-order valence-electron chi connectivity index (χ0n) is 17.1. The molecule has 0 saturated carbocycles. The number of ether oxygens (including phenoxy) is 3. The number of carbonyl (C=O) groups excluding carboxylic acids is 3. The second-order valence-electron chi connectivity index (χ2n) is 6.91. The first-order valence-electron chi connectivity index (χ1n) is 9.47. The molecular weight excluding hydrogens is 388 g/mol. The maximum Gasteiger partial charge on any atom is 0.311 e. The second kappa shape index (κ2) is 9.30. The lowest BCUT2D eigenvalue weighted by Crippen LogP contribution is -2.28. The Kier molecular flexibility index (Phi) is 6.56. The molecule has 3 rings (SSSR count). The molecule has 2 aromatic rings. The molecule has 1 saturated heterocycles. The van der Waals surface area contributed by atoms with Crippen LogP contribution in [0.25, 0.3) is 0 Å². The Labute approximate surface area is 174 Å². The zero-order valence-corrected chi connectivity index (χ0v) is 17.1. The number of rotatable bonds is 7. The Hall–Kier alpha value is -3.55. The third-order valence-corrected chi connectivity index (χ3v) is 4.89. The minimum Gasteiger partial charge on any atom is -0.497 e. The predicted molar refractivity (Wildman–Crippen MR) is 111 cm³/mol. The van der Waals surface area contributed by atoms with Crippen molar-refractivity contribution < 1.29 is 28.6 Å². The molecule has 0 bridgehead atoms. The molecule has 0 aromatic heterocycles. The minimum absolute atomic E-state index is 0.0541. The van der Waals surface area contributed by atoms with Crippen molar-refractivity contribution in [2.75, 3.05) is 37.6 Å². The highest BCUT2D eigenvalue weighted by Gasteiger charge is 2.36. The third-order valence-electron chi connectivity index (χ3n) is 4.89. The van der Waals surface area contributed by atoms with Crippen molar-refractivity contribution in [2.45, 2.75) is 13.3 Å². The fourth-order valence-corrected chi connectivity index (χ4v) is 3.32. The third kappa shape index (κ3) is 4.71. The van der Waals surface area contributed by atoms with E-state index in [9.17, 15) is 14.4 Å². The highest BCUT2D eigenvalue weighted by Crippen LogP contribution is 2.30. The Bertz CT molecular complexity index is 958. The lowest BCUT2D eigenvalue weighted by atomic mass is 10.1. The summed E-state index contributed by atoms with van der Waals surface area (Å²) in [6.45, 7) is 1.67. The molecule has 0 spiro atoms. The topological polar surface area (TPSA) is 94.2 Å². The summed E-state index contributed by atoms with van der Waals surface area (Å²) >= 11 is 0. The Morgan fingerprint density at radius 3 is 2.60 bits per heavy atom. The van der Waals surface area contributed by atoms with Crippen LogP contribution in [0.3, 0.4) is 0 Å². The second-order valence-corrected chi connectivity index (χ2v) is 6.91. The van der Waals surface area contributed by atoms with Gasteiger partial charge in [0.05, 0.1) is 25.8 Å². The van der Waals surface area contributed by atoms with Gasteiger partial charge in [0.2, 0.25) is 5.91 Å². The van der Waals surface area contributed by atoms with Gasteiger partial charge in [-0.15, -0.1) is 0 Å². The maximum atomic E-state index is 12.4. The van der Waals surface area contributed by atoms with Gasteiger partial charge < -0.3 is 24.4 Å². The average Bonchev–Trinajstić information content (AvgIpc) is 3.13. The van der Waals surface area contributed by atoms with Gasteiger partial charge >= 0.3 is 5.97 Å². The number of nitrogens with one attached hydrogen (secondary N) is 1. The smallest absolute Gasteiger partial charge is 0.311 e. The molecule has 1 heterocycles. The molecule has 1 aliphatic heterocycles. The summed E-state index contributed by atoms with van der Waals surface area (Å²) in [5.41, 5.74) is 2.13. The Morgan fingerprint density at radius 1 is 1.13 bits per heavy atom. The highest BCUT2D eigenvalue weighted by atomic mass is 16.5. The first-order chi connectivity index (χ1) is 14.4. The summed E-state index contributed by atoms with van der Waals surface area (Å²) < 4.78 is 15.5. The number of hydrogen-bond acceptors (Lipinski definition) is 6. The summed E-state index contributed by atoms with van der Waals surface area (Å²) in [5.74, 6) is -0.857. The highest BCUT2D eigenvalue weighted by molar-refractivity contribution is 6.00. The molecule has 8 heteroatoms. The van der Waals surface area contributed by atoms with E-state index in [4.69, 9.17) is 14.2 Å². The van der Waals surface area contributed by atoms with E-state index in [1.165, 1.54) is 14.2 Å². The quantitative estimate of drug-likeness (QED) is 0.703. The lowest BCUT2D eigenvalue weighted by Gasteiger charge is -2.18. The SMILES string of the molecule is COc1ccc(OC)c(NC(=O)COC(=O)[C@@H]2CC(=O)N(c3ccccc3C)C2)c1. The minimum atomic E-state index is -0.615. The molecular formula is C22H24N2O6. The largest absolute Gasteiger partial charge is 0.497 e. The first kappa shape index (κ1) is 21.2. The van der Waals surface area contributed by atoms with Gasteiger partial charge in [-0.1, -0.05) is 18.2 Å². The van der Waals surface area contributed by atoms with E-state index in [0.29, 0.717) is 17.2 Å². The summed E-state index contributed by atoms with van der Waals surface area (Å²) in [6.07, 6.45) is 0.0541. The van der Waals surface area contributed by atoms with Crippen LogP contribution in [-0.4, -0.2) is 45.2 Å². The Morgan fingerprint density at radius 2 is 1.90 bits per heavy atom. The lowest BCUT2D eigenvalue weighted by molar-refractivity contribution is -0.151. The molecule has 1 N–H and O–H groups in total. The van der Waals surface area contributed by atoms with Crippen LogP contribution in [-0.2, 0) is 19.1 Å². The number of methoxy groups -OCH3 is 2. The number of esters is 1. The van der Waals surface area contributed by atoms with Crippen molar-refractivity contribution in [3.8, 4) is 11.5 Å². The van der Waals surface area contributed by atoms with Gasteiger partial charge in [0.15, 0.2) is 6.61 Å². The molecule has 8 nitrogen and oxygen atoms in total. The van der Waals surface area contributed by atoms with Crippen molar-refractivity contribution >= 4 is 29.2 Å². The van der Waals surface area contributed by atoms with Crippen LogP contribution < -0.4 is 19.7 Å². The fourth-order valence-electron chi connectivity index (χ4n) is 3.32. The number of amides is 2. The zero-order chi connectivity index (χ0) is 21.7. The number of nitrogens with zero attached hydrogens (tertiary/aromatic N) is 1. The van der Waals surface area contributed by atoms with Gasteiger partial charge in [0.25, 0.3) is 5.91 Å². The Balaban J connectivity index is 1.57. The van der Waals surface area contributed by atoms with Crippen LogP contribution in [0.4, 0.5) is 11.4 Å². The van der Waals surface area contributed by atoms with E-state index < -0.39 is 24.4 Å². The van der Waals surface area contributed by atoms with Crippen LogP contribution >= 0.6 is 0 Å². The fraction of sp³-hybridized carbons (Fsp3) is 0.318. The molecule has 0 unspecified atom stereocenters. The van der Waals surface area contributed by atoms with Crippen molar-refractivity contribution in [1.82, 2.24) is 0 Å². The van der Waals surface area contributed by atoms with Gasteiger partial charge in [-0.25, -0.2) is 0 Å². The van der Waals surface area contributed by atoms with Crippen molar-refractivity contribution in [3.63, 3.8) is 0 Å². The molecule has 0 radical (unpaired) electrons. The maximum absolute atomic E-state index is 12.4. The number of anilines is 2. The molecule has 1 atom stereocenters. The molecule has 0 aliphatic carbocycles. The standard InChI is InChI=1S/C22H24N2O6/c1-14-6-4-5-7-18(14)24-12-15(10-21(24)26)22(27)30-13-20(25)23-17-11-16(28-2)8-9-19(17)29-3/h4-9,11,15H,10,12-13H2,1-3H3,(H,23,25)/t15-/m1/s1. The van der Waals surface area contributed by atoms with E-state index in [-0.39, 0.29) is 18.9 Å². The average molecular weight is 412 g/mol. The summed E-state index contributed by atoms with van der Waals surface area (Å²) in [5, 5.41) is 2.63. The molecule has 1 fully saturated rings. The van der Waals surface area contributed by atoms with Crippen LogP contribution in [0.2, 0.25) is 0 Å². The summed E-state index contributed by atoms with van der Waals surface area (Å²) in [7, 11) is 2.99. The molecule has 2 aromatic carbocycles. The number of benzene rings is 2. The van der Waals surface area contributed by atoms with Gasteiger partial charge in [-0.05, 0) is 30.7 Å². The van der Waals surface area contributed by atoms with E-state index in [2.05, 4.69) is 5.32 Å². The molecule has 158 valence electrons. The van der Waals surface area contributed by atoms with Crippen LogP contribution in [0.15, 0.2) is 42.5 Å². The van der Waals surface area contributed by atoms with E-state index in [0.717, 1.165) is 11.3 Å². The summed E-state index contributed by atoms with van der Waals surface area (Å²) in [4.78, 5) is 38.6. The van der Waals surface area contributed by atoms with Gasteiger partial charge in [0, 0.05) is 24.7 Å². The van der Waals surface area contributed by atoms with Crippen molar-refractivity contribution in [3.05, 3.63) is 48.0 Å². The van der Waals surface area contributed by atoms with Gasteiger partial charge in [-0.2, -0.15) is 0 Å². The molecule has 30 heavy (non-hydrogen) atoms. The van der Waals surface area contributed by atoms with E-state index >= 15 is 0 Å². The number of carbonyl (C=O) groups is 3. The number of hydrogen-bond donors (Lipinski definition) is 1. The number of aryl methyl sites for hydroxylation is 1. The molecule has 2 amide bonds. The summed E-state index contributed by atoms with van der Waals surface area (Å²) in [6, 6.07) is 12.5. The monoisotopic (exact) mass is 412 g/mol. The van der Waals surface area contributed by atoms with Gasteiger partial charge in [0.1, 0.15) is 11.5 Å². The normalized spacial score (nSPS) is 15.6. The number of para-hydroxylation sites is 1. The van der Waals surface area contributed by atoms with Crippen molar-refractivity contribution in [2.24, 2.45) is 5.92 Å². The van der Waals surface area contributed by atoms with Crippen molar-refractivity contribution in [1.29, 1.82) is 0 Å². The first-order valence-corrected chi connectivity index (χ1v) is 9.47. The van der Waals surface area contributed by atoms with Gasteiger partial charge in [-0.3, -0.25) is 14.4 Å². The van der Waals surface area contributed by atoms with Crippen LogP contribution in [0.1, 0.15) is 12.0 Å². The predicted octanol–water partition coefficient (Wildman–Crippen LogP) is 2.55. The van der Waals surface area contributed by atoms with E-state index in [1.54, 1.807) is 23.1 Å². The van der Waals surface area contributed by atoms with Crippen LogP contribution in [0, 0.1) is 12.8 Å².